The van der Waals surface area contributed by atoms with Crippen molar-refractivity contribution < 1.29 is 5.11 Å². The van der Waals surface area contributed by atoms with Gasteiger partial charge in [0.2, 0.25) is 0 Å². The molecule has 0 bridgehead atoms. The molecule has 1 aromatic carbocycles. The normalized spacial score (nSPS) is 11.2. The van der Waals surface area contributed by atoms with Crippen molar-refractivity contribution in [1.29, 1.82) is 0 Å². The summed E-state index contributed by atoms with van der Waals surface area (Å²) in [4.78, 5) is 12.0. The molecule has 0 unspecified atom stereocenters. The summed E-state index contributed by atoms with van der Waals surface area (Å²) >= 11 is 0. The number of phenols is 1. The second kappa shape index (κ2) is 3.67. The third-order valence-corrected chi connectivity index (χ3v) is 2.82. The first kappa shape index (κ1) is 10.7. The highest BCUT2D eigenvalue weighted by molar-refractivity contribution is 5.86. The van der Waals surface area contributed by atoms with Crippen molar-refractivity contribution in [3.8, 4) is 5.75 Å². The van der Waals surface area contributed by atoms with E-state index in [4.69, 9.17) is 0 Å². The van der Waals surface area contributed by atoms with Crippen LogP contribution in [0.4, 0.5) is 0 Å². The van der Waals surface area contributed by atoms with Crippen LogP contribution in [-0.2, 0) is 7.05 Å². The zero-order valence-electron chi connectivity index (χ0n) is 9.69. The molecule has 3 heteroatoms. The monoisotopic (exact) mass is 217 g/mol. The van der Waals surface area contributed by atoms with Crippen LogP contribution in [-0.4, -0.2) is 9.67 Å². The van der Waals surface area contributed by atoms with Crippen LogP contribution in [0.15, 0.2) is 29.2 Å². The lowest BCUT2D eigenvalue weighted by Gasteiger charge is -2.11. The summed E-state index contributed by atoms with van der Waals surface area (Å²) in [6, 6.07) is 5.15. The highest BCUT2D eigenvalue weighted by atomic mass is 16.3. The molecule has 0 saturated heterocycles. The number of hydrogen-bond donors (Lipinski definition) is 1. The highest BCUT2D eigenvalue weighted by Gasteiger charge is 2.11. The van der Waals surface area contributed by atoms with Crippen LogP contribution in [0, 0.1) is 0 Å². The van der Waals surface area contributed by atoms with E-state index in [-0.39, 0.29) is 17.2 Å². The minimum absolute atomic E-state index is 0.0128. The molecule has 84 valence electrons. The Bertz CT molecular complexity index is 597. The second-order valence-electron chi connectivity index (χ2n) is 4.39. The van der Waals surface area contributed by atoms with Gasteiger partial charge >= 0.3 is 0 Å². The van der Waals surface area contributed by atoms with Gasteiger partial charge in [0.15, 0.2) is 0 Å². The highest BCUT2D eigenvalue weighted by Crippen LogP contribution is 2.27. The maximum Gasteiger partial charge on any atom is 0.258 e. The maximum atomic E-state index is 12.0. The van der Waals surface area contributed by atoms with Crippen LogP contribution < -0.4 is 5.56 Å². The Balaban J connectivity index is 2.98. The number of hydrogen-bond acceptors (Lipinski definition) is 2. The van der Waals surface area contributed by atoms with E-state index >= 15 is 0 Å². The third-order valence-electron chi connectivity index (χ3n) is 2.82. The lowest BCUT2D eigenvalue weighted by molar-refractivity contribution is 0.475. The zero-order chi connectivity index (χ0) is 11.9. The van der Waals surface area contributed by atoms with Crippen LogP contribution in [0.5, 0.6) is 5.75 Å². The number of aryl methyl sites for hydroxylation is 1. The molecule has 0 aliphatic carbocycles. The smallest absolute Gasteiger partial charge is 0.258 e. The fourth-order valence-electron chi connectivity index (χ4n) is 1.94. The number of aromatic nitrogens is 1. The van der Waals surface area contributed by atoms with Crippen LogP contribution >= 0.6 is 0 Å². The second-order valence-corrected chi connectivity index (χ2v) is 4.39. The summed E-state index contributed by atoms with van der Waals surface area (Å²) in [6.07, 6.45) is 1.72. The van der Waals surface area contributed by atoms with Crippen LogP contribution in [0.2, 0.25) is 0 Å². The Morgan fingerprint density at radius 2 is 2.00 bits per heavy atom. The SMILES string of the molecule is CC(C)c1cc(O)cc2ccn(C)c(=O)c12. The average Bonchev–Trinajstić information content (AvgIpc) is 2.22. The molecule has 0 fully saturated rings. The molecule has 1 heterocycles. The molecule has 16 heavy (non-hydrogen) atoms. The third kappa shape index (κ3) is 1.58. The van der Waals surface area contributed by atoms with Crippen molar-refractivity contribution in [2.75, 3.05) is 0 Å². The maximum absolute atomic E-state index is 12.0. The number of fused-ring (bicyclic) bond motifs is 1. The topological polar surface area (TPSA) is 42.2 Å². The number of rotatable bonds is 1. The van der Waals surface area contributed by atoms with E-state index < -0.39 is 0 Å². The molecule has 0 spiro atoms. The molecule has 1 aromatic heterocycles. The van der Waals surface area contributed by atoms with E-state index in [9.17, 15) is 9.90 Å². The first-order valence-electron chi connectivity index (χ1n) is 5.33. The molecular formula is C13H15NO2. The van der Waals surface area contributed by atoms with Gasteiger partial charge in [-0.2, -0.15) is 0 Å². The fraction of sp³-hybridized carbons (Fsp3) is 0.308. The number of phenolic OH excluding ortho intramolecular Hbond substituents is 1. The molecule has 2 rings (SSSR count). The first-order chi connectivity index (χ1) is 7.50. The van der Waals surface area contributed by atoms with Crippen molar-refractivity contribution in [3.05, 3.63) is 40.3 Å². The fourth-order valence-corrected chi connectivity index (χ4v) is 1.94. The Hall–Kier alpha value is -1.77. The number of nitrogens with zero attached hydrogens (tertiary/aromatic N) is 1. The lowest BCUT2D eigenvalue weighted by Crippen LogP contribution is -2.17. The molecule has 0 radical (unpaired) electrons. The van der Waals surface area contributed by atoms with Gasteiger partial charge in [-0.15, -0.1) is 0 Å². The quantitative estimate of drug-likeness (QED) is 0.796. The molecule has 0 aliphatic heterocycles. The van der Waals surface area contributed by atoms with Gasteiger partial charge in [-0.05, 0) is 35.1 Å². The molecule has 0 aliphatic rings. The van der Waals surface area contributed by atoms with Gasteiger partial charge < -0.3 is 9.67 Å². The Labute approximate surface area is 94.0 Å². The lowest BCUT2D eigenvalue weighted by atomic mass is 9.97. The van der Waals surface area contributed by atoms with Crippen molar-refractivity contribution >= 4 is 10.8 Å². The minimum atomic E-state index is -0.0128. The Morgan fingerprint density at radius 1 is 1.31 bits per heavy atom. The number of pyridine rings is 1. The van der Waals surface area contributed by atoms with E-state index in [2.05, 4.69) is 0 Å². The van der Waals surface area contributed by atoms with Crippen molar-refractivity contribution in [1.82, 2.24) is 4.57 Å². The number of aromatic hydroxyl groups is 1. The summed E-state index contributed by atoms with van der Waals surface area (Å²) in [5, 5.41) is 11.1. The average molecular weight is 217 g/mol. The summed E-state index contributed by atoms with van der Waals surface area (Å²) in [5.41, 5.74) is 0.886. The Kier molecular flexibility index (Phi) is 2.46. The molecular weight excluding hydrogens is 202 g/mol. The van der Waals surface area contributed by atoms with Gasteiger partial charge in [-0.25, -0.2) is 0 Å². The standard InChI is InChI=1S/C13H15NO2/c1-8(2)11-7-10(15)6-9-4-5-14(3)13(16)12(9)11/h4-8,15H,1-3H3. The van der Waals surface area contributed by atoms with Crippen molar-refractivity contribution in [2.24, 2.45) is 7.05 Å². The molecule has 0 atom stereocenters. The largest absolute Gasteiger partial charge is 0.508 e. The van der Waals surface area contributed by atoms with E-state index in [0.717, 1.165) is 10.9 Å². The molecule has 2 aromatic rings. The van der Waals surface area contributed by atoms with E-state index in [1.54, 1.807) is 29.9 Å². The Morgan fingerprint density at radius 3 is 2.62 bits per heavy atom. The van der Waals surface area contributed by atoms with E-state index in [1.165, 1.54) is 0 Å². The van der Waals surface area contributed by atoms with Crippen molar-refractivity contribution in [3.63, 3.8) is 0 Å². The number of benzene rings is 1. The van der Waals surface area contributed by atoms with Gasteiger partial charge in [0.05, 0.1) is 5.39 Å². The van der Waals surface area contributed by atoms with Gasteiger partial charge in [-0.1, -0.05) is 13.8 Å². The molecule has 0 amide bonds. The molecule has 1 N–H and O–H groups in total. The molecule has 0 saturated carbocycles. The predicted molar refractivity (Wildman–Crippen MR) is 64.9 cm³/mol. The minimum Gasteiger partial charge on any atom is -0.508 e. The zero-order valence-corrected chi connectivity index (χ0v) is 9.69. The molecule has 3 nitrogen and oxygen atoms in total. The van der Waals surface area contributed by atoms with Crippen LogP contribution in [0.1, 0.15) is 25.3 Å². The van der Waals surface area contributed by atoms with Gasteiger partial charge in [0.25, 0.3) is 5.56 Å². The van der Waals surface area contributed by atoms with Crippen molar-refractivity contribution in [2.45, 2.75) is 19.8 Å². The summed E-state index contributed by atoms with van der Waals surface area (Å²) in [7, 11) is 1.73. The first-order valence-corrected chi connectivity index (χ1v) is 5.33. The summed E-state index contributed by atoms with van der Waals surface area (Å²) < 4.78 is 1.56. The van der Waals surface area contributed by atoms with Gasteiger partial charge in [0, 0.05) is 13.2 Å². The van der Waals surface area contributed by atoms with Crippen LogP contribution in [0.3, 0.4) is 0 Å². The summed E-state index contributed by atoms with van der Waals surface area (Å²) in [6.45, 7) is 4.03. The predicted octanol–water partition coefficient (Wildman–Crippen LogP) is 2.37. The summed E-state index contributed by atoms with van der Waals surface area (Å²) in [5.74, 6) is 0.425. The van der Waals surface area contributed by atoms with Crippen LogP contribution in [0.25, 0.3) is 10.8 Å². The van der Waals surface area contributed by atoms with E-state index in [0.29, 0.717) is 5.39 Å². The van der Waals surface area contributed by atoms with Gasteiger partial charge in [0.1, 0.15) is 5.75 Å². The van der Waals surface area contributed by atoms with E-state index in [1.807, 2.05) is 19.9 Å². The van der Waals surface area contributed by atoms with Gasteiger partial charge in [-0.3, -0.25) is 4.79 Å².